The van der Waals surface area contributed by atoms with Crippen LogP contribution in [0.15, 0.2) is 18.2 Å². The van der Waals surface area contributed by atoms with Gasteiger partial charge in [-0.05, 0) is 18.9 Å². The van der Waals surface area contributed by atoms with Crippen molar-refractivity contribution >= 4 is 5.91 Å². The maximum Gasteiger partial charge on any atom is 0.237 e. The van der Waals surface area contributed by atoms with E-state index in [9.17, 15) is 13.6 Å². The lowest BCUT2D eigenvalue weighted by Crippen LogP contribution is -2.44. The summed E-state index contributed by atoms with van der Waals surface area (Å²) >= 11 is 0. The molecule has 0 aromatic heterocycles. The van der Waals surface area contributed by atoms with Crippen LogP contribution in [0.4, 0.5) is 8.78 Å². The van der Waals surface area contributed by atoms with E-state index in [0.717, 1.165) is 12.1 Å². The second kappa shape index (κ2) is 5.91. The molecule has 0 aliphatic rings. The highest BCUT2D eigenvalue weighted by Gasteiger charge is 2.20. The number of hydrogen-bond donors (Lipinski definition) is 2. The van der Waals surface area contributed by atoms with Crippen molar-refractivity contribution in [1.29, 1.82) is 0 Å². The van der Waals surface area contributed by atoms with Gasteiger partial charge in [0, 0.05) is 11.6 Å². The lowest BCUT2D eigenvalue weighted by molar-refractivity contribution is -0.123. The van der Waals surface area contributed by atoms with E-state index >= 15 is 0 Å². The van der Waals surface area contributed by atoms with Gasteiger partial charge in [-0.1, -0.05) is 19.9 Å². The third kappa shape index (κ3) is 3.50. The summed E-state index contributed by atoms with van der Waals surface area (Å²) in [6.45, 7) is 5.28. The molecule has 100 valence electrons. The number of carbonyl (C=O) groups excluding carboxylic acids is 1. The normalized spacial score (nSPS) is 14.4. The van der Waals surface area contributed by atoms with Crippen LogP contribution in [0.2, 0.25) is 0 Å². The summed E-state index contributed by atoms with van der Waals surface area (Å²) in [6, 6.07) is 2.07. The van der Waals surface area contributed by atoms with E-state index in [0.29, 0.717) is 0 Å². The summed E-state index contributed by atoms with van der Waals surface area (Å²) in [7, 11) is 0. The van der Waals surface area contributed by atoms with Crippen LogP contribution in [0.25, 0.3) is 0 Å². The Morgan fingerprint density at radius 2 is 1.89 bits per heavy atom. The molecular weight excluding hydrogens is 238 g/mol. The van der Waals surface area contributed by atoms with Crippen molar-refractivity contribution in [3.8, 4) is 0 Å². The van der Waals surface area contributed by atoms with Crippen molar-refractivity contribution in [2.24, 2.45) is 11.7 Å². The van der Waals surface area contributed by atoms with Crippen LogP contribution >= 0.6 is 0 Å². The zero-order valence-electron chi connectivity index (χ0n) is 10.7. The van der Waals surface area contributed by atoms with Crippen molar-refractivity contribution in [2.75, 3.05) is 0 Å². The van der Waals surface area contributed by atoms with Gasteiger partial charge in [0.1, 0.15) is 11.6 Å². The fourth-order valence-electron chi connectivity index (χ4n) is 1.54. The van der Waals surface area contributed by atoms with Gasteiger partial charge in [-0.15, -0.1) is 0 Å². The third-order valence-electron chi connectivity index (χ3n) is 2.81. The first-order valence-electron chi connectivity index (χ1n) is 5.83. The number of benzene rings is 1. The molecule has 0 unspecified atom stereocenters. The highest BCUT2D eigenvalue weighted by molar-refractivity contribution is 5.82. The molecular formula is C13H18F2N2O. The van der Waals surface area contributed by atoms with Gasteiger partial charge in [0.15, 0.2) is 0 Å². The predicted octanol–water partition coefficient (Wildman–Crippen LogP) is 2.13. The molecule has 3 N–H and O–H groups in total. The Kier molecular flexibility index (Phi) is 4.78. The lowest BCUT2D eigenvalue weighted by atomic mass is 10.0. The van der Waals surface area contributed by atoms with E-state index in [-0.39, 0.29) is 17.4 Å². The van der Waals surface area contributed by atoms with E-state index in [4.69, 9.17) is 5.73 Å². The molecule has 0 spiro atoms. The first-order chi connectivity index (χ1) is 8.32. The Balaban J connectivity index is 2.76. The molecule has 0 radical (unpaired) electrons. The van der Waals surface area contributed by atoms with E-state index in [1.807, 2.05) is 13.8 Å². The average Bonchev–Trinajstić information content (AvgIpc) is 2.27. The number of nitrogens with one attached hydrogen (secondary N) is 1. The molecule has 0 saturated carbocycles. The predicted molar refractivity (Wildman–Crippen MR) is 65.7 cm³/mol. The van der Waals surface area contributed by atoms with Gasteiger partial charge in [0.25, 0.3) is 0 Å². The molecule has 0 bridgehead atoms. The highest BCUT2D eigenvalue weighted by Crippen LogP contribution is 2.17. The van der Waals surface area contributed by atoms with Crippen LogP contribution in [0, 0.1) is 17.6 Å². The summed E-state index contributed by atoms with van der Waals surface area (Å²) in [5.41, 5.74) is 5.92. The second-order valence-corrected chi connectivity index (χ2v) is 4.67. The Morgan fingerprint density at radius 3 is 2.39 bits per heavy atom. The van der Waals surface area contributed by atoms with E-state index in [1.165, 1.54) is 6.07 Å². The fourth-order valence-corrected chi connectivity index (χ4v) is 1.54. The molecule has 0 aliphatic carbocycles. The molecule has 0 fully saturated rings. The molecule has 18 heavy (non-hydrogen) atoms. The lowest BCUT2D eigenvalue weighted by Gasteiger charge is -2.20. The van der Waals surface area contributed by atoms with Crippen molar-refractivity contribution in [1.82, 2.24) is 5.32 Å². The summed E-state index contributed by atoms with van der Waals surface area (Å²) in [5, 5.41) is 2.61. The van der Waals surface area contributed by atoms with E-state index in [2.05, 4.69) is 5.32 Å². The quantitative estimate of drug-likeness (QED) is 0.867. The molecule has 0 aliphatic heterocycles. The maximum absolute atomic E-state index is 13.5. The molecule has 1 aromatic carbocycles. The fraction of sp³-hybridized carbons (Fsp3) is 0.462. The molecule has 1 rings (SSSR count). The van der Waals surface area contributed by atoms with E-state index < -0.39 is 23.7 Å². The zero-order valence-corrected chi connectivity index (χ0v) is 10.7. The van der Waals surface area contributed by atoms with Crippen LogP contribution in [0.5, 0.6) is 0 Å². The van der Waals surface area contributed by atoms with Gasteiger partial charge in [0.2, 0.25) is 5.91 Å². The summed E-state index contributed by atoms with van der Waals surface area (Å²) in [6.07, 6.45) is 0. The van der Waals surface area contributed by atoms with Crippen LogP contribution in [0.3, 0.4) is 0 Å². The number of carbonyl (C=O) groups is 1. The topological polar surface area (TPSA) is 55.1 Å². The molecule has 0 saturated heterocycles. The van der Waals surface area contributed by atoms with Crippen molar-refractivity contribution < 1.29 is 13.6 Å². The van der Waals surface area contributed by atoms with Gasteiger partial charge in [-0.25, -0.2) is 8.78 Å². The second-order valence-electron chi connectivity index (χ2n) is 4.67. The standard InChI is InChI=1S/C13H18F2N2O/c1-7(2)12(16)13(18)17-8(3)10-5-4-9(14)6-11(10)15/h4-8,12H,16H2,1-3H3,(H,17,18)/t8-,12+/m0/s1. The Hall–Kier alpha value is -1.49. The van der Waals surface area contributed by atoms with Crippen LogP contribution < -0.4 is 11.1 Å². The zero-order chi connectivity index (χ0) is 13.9. The summed E-state index contributed by atoms with van der Waals surface area (Å²) in [5.74, 6) is -1.67. The van der Waals surface area contributed by atoms with Crippen LogP contribution in [-0.2, 0) is 4.79 Å². The van der Waals surface area contributed by atoms with Gasteiger partial charge < -0.3 is 11.1 Å². The maximum atomic E-state index is 13.5. The SMILES string of the molecule is CC(C)[C@@H](N)C(=O)N[C@@H](C)c1ccc(F)cc1F. The molecule has 1 amide bonds. The highest BCUT2D eigenvalue weighted by atomic mass is 19.1. The van der Waals surface area contributed by atoms with Gasteiger partial charge in [0.05, 0.1) is 12.1 Å². The minimum absolute atomic E-state index is 0.00438. The van der Waals surface area contributed by atoms with Crippen molar-refractivity contribution in [2.45, 2.75) is 32.9 Å². The van der Waals surface area contributed by atoms with Crippen LogP contribution in [0.1, 0.15) is 32.4 Å². The largest absolute Gasteiger partial charge is 0.348 e. The smallest absolute Gasteiger partial charge is 0.237 e. The van der Waals surface area contributed by atoms with E-state index in [1.54, 1.807) is 6.92 Å². The molecule has 1 aromatic rings. The van der Waals surface area contributed by atoms with Gasteiger partial charge in [-0.2, -0.15) is 0 Å². The van der Waals surface area contributed by atoms with Gasteiger partial charge >= 0.3 is 0 Å². The Labute approximate surface area is 105 Å². The monoisotopic (exact) mass is 256 g/mol. The molecule has 3 nitrogen and oxygen atoms in total. The third-order valence-corrected chi connectivity index (χ3v) is 2.81. The number of rotatable bonds is 4. The minimum Gasteiger partial charge on any atom is -0.348 e. The number of nitrogens with two attached hydrogens (primary N) is 1. The number of halogens is 2. The van der Waals surface area contributed by atoms with Crippen molar-refractivity contribution in [3.05, 3.63) is 35.4 Å². The molecule has 0 heterocycles. The Bertz CT molecular complexity index is 435. The molecule has 2 atom stereocenters. The number of hydrogen-bond acceptors (Lipinski definition) is 2. The first-order valence-corrected chi connectivity index (χ1v) is 5.83. The van der Waals surface area contributed by atoms with Crippen LogP contribution in [-0.4, -0.2) is 11.9 Å². The minimum atomic E-state index is -0.680. The summed E-state index contributed by atoms with van der Waals surface area (Å²) in [4.78, 5) is 11.7. The van der Waals surface area contributed by atoms with Crippen molar-refractivity contribution in [3.63, 3.8) is 0 Å². The number of amides is 1. The first kappa shape index (κ1) is 14.6. The Morgan fingerprint density at radius 1 is 1.28 bits per heavy atom. The molecule has 5 heteroatoms. The average molecular weight is 256 g/mol. The summed E-state index contributed by atoms with van der Waals surface area (Å²) < 4.78 is 26.2. The van der Waals surface area contributed by atoms with Gasteiger partial charge in [-0.3, -0.25) is 4.79 Å².